The van der Waals surface area contributed by atoms with Gasteiger partial charge in [-0.05, 0) is 30.5 Å². The molecule has 1 fully saturated rings. The summed E-state index contributed by atoms with van der Waals surface area (Å²) >= 11 is 5.88. The van der Waals surface area contributed by atoms with Crippen LogP contribution in [0.15, 0.2) is 18.2 Å². The smallest absolute Gasteiger partial charge is 0.339 e. The minimum absolute atomic E-state index is 0.184. The number of nitrogens with one attached hydrogen (secondary N) is 1. The average molecular weight is 308 g/mol. The molecule has 1 N–H and O–H groups in total. The lowest BCUT2D eigenvalue weighted by Crippen LogP contribution is -2.46. The monoisotopic (exact) mass is 307 g/mol. The van der Waals surface area contributed by atoms with Crippen LogP contribution in [0.1, 0.15) is 48.0 Å². The van der Waals surface area contributed by atoms with Gasteiger partial charge in [-0.15, -0.1) is 0 Å². The van der Waals surface area contributed by atoms with E-state index in [9.17, 15) is 9.59 Å². The van der Waals surface area contributed by atoms with Crippen molar-refractivity contribution in [2.45, 2.75) is 50.7 Å². The highest BCUT2D eigenvalue weighted by atomic mass is 35.5. The Morgan fingerprint density at radius 2 is 2.00 bits per heavy atom. The molecule has 0 saturated heterocycles. The van der Waals surface area contributed by atoms with Gasteiger partial charge in [0.25, 0.3) is 5.91 Å². The molecule has 1 aliphatic heterocycles. The summed E-state index contributed by atoms with van der Waals surface area (Å²) in [5, 5.41) is 3.51. The van der Waals surface area contributed by atoms with Crippen LogP contribution in [0.25, 0.3) is 0 Å². The topological polar surface area (TPSA) is 55.4 Å². The average Bonchev–Trinajstić information content (AvgIpc) is 2.49. The molecule has 1 atom stereocenters. The van der Waals surface area contributed by atoms with E-state index in [0.717, 1.165) is 31.2 Å². The summed E-state index contributed by atoms with van der Waals surface area (Å²) in [6, 6.07) is 5.33. The molecular weight excluding hydrogens is 290 g/mol. The van der Waals surface area contributed by atoms with Crippen molar-refractivity contribution in [3.63, 3.8) is 0 Å². The van der Waals surface area contributed by atoms with Gasteiger partial charge < -0.3 is 10.1 Å². The fourth-order valence-corrected chi connectivity index (χ4v) is 3.21. The number of rotatable bonds is 2. The van der Waals surface area contributed by atoms with Gasteiger partial charge >= 0.3 is 5.97 Å². The molecular formula is C16H18ClNO3. The number of carbonyl (C=O) groups excluding carboxylic acids is 2. The summed E-state index contributed by atoms with van der Waals surface area (Å²) in [4.78, 5) is 24.3. The van der Waals surface area contributed by atoms with Crippen LogP contribution in [-0.4, -0.2) is 24.0 Å². The van der Waals surface area contributed by atoms with Crippen molar-refractivity contribution >= 4 is 23.5 Å². The summed E-state index contributed by atoms with van der Waals surface area (Å²) in [5.41, 5.74) is 1.28. The summed E-state index contributed by atoms with van der Waals surface area (Å²) in [7, 11) is 0. The van der Waals surface area contributed by atoms with Crippen molar-refractivity contribution in [2.75, 3.05) is 0 Å². The number of carbonyl (C=O) groups is 2. The van der Waals surface area contributed by atoms with E-state index in [4.69, 9.17) is 16.3 Å². The van der Waals surface area contributed by atoms with E-state index in [0.29, 0.717) is 17.0 Å². The molecule has 1 saturated carbocycles. The largest absolute Gasteiger partial charge is 0.448 e. The third-order valence-corrected chi connectivity index (χ3v) is 4.43. The van der Waals surface area contributed by atoms with Crippen LogP contribution in [0.4, 0.5) is 0 Å². The Bertz CT molecular complexity index is 567. The Kier molecular flexibility index (Phi) is 4.15. The maximum atomic E-state index is 12.3. The summed E-state index contributed by atoms with van der Waals surface area (Å²) < 4.78 is 5.26. The molecule has 1 aromatic carbocycles. The zero-order valence-electron chi connectivity index (χ0n) is 11.7. The molecule has 0 spiro atoms. The van der Waals surface area contributed by atoms with Gasteiger partial charge in [-0.1, -0.05) is 36.9 Å². The Balaban J connectivity index is 1.68. The first-order valence-corrected chi connectivity index (χ1v) is 7.81. The maximum absolute atomic E-state index is 12.3. The van der Waals surface area contributed by atoms with Crippen molar-refractivity contribution < 1.29 is 14.3 Å². The second-order valence-corrected chi connectivity index (χ2v) is 6.18. The molecule has 112 valence electrons. The molecule has 1 aliphatic carbocycles. The van der Waals surface area contributed by atoms with Crippen LogP contribution >= 0.6 is 11.6 Å². The van der Waals surface area contributed by atoms with Crippen LogP contribution in [0.2, 0.25) is 5.02 Å². The Labute approximate surface area is 128 Å². The van der Waals surface area contributed by atoms with Crippen molar-refractivity contribution in [2.24, 2.45) is 0 Å². The van der Waals surface area contributed by atoms with Crippen molar-refractivity contribution in [3.8, 4) is 0 Å². The van der Waals surface area contributed by atoms with E-state index < -0.39 is 12.1 Å². The molecule has 1 unspecified atom stereocenters. The standard InChI is InChI=1S/C16H18ClNO3/c17-11-7-6-10-8-14(21-16(20)13(10)9-11)15(19)18-12-4-2-1-3-5-12/h6-7,9,12,14H,1-5,8H2,(H,18,19). The van der Waals surface area contributed by atoms with E-state index in [1.807, 2.05) is 0 Å². The van der Waals surface area contributed by atoms with Crippen molar-refractivity contribution in [1.82, 2.24) is 5.32 Å². The van der Waals surface area contributed by atoms with Gasteiger partial charge in [0.1, 0.15) is 0 Å². The maximum Gasteiger partial charge on any atom is 0.339 e. The normalized spacial score (nSPS) is 22.3. The highest BCUT2D eigenvalue weighted by Gasteiger charge is 2.32. The number of amides is 1. The quantitative estimate of drug-likeness (QED) is 0.855. The Morgan fingerprint density at radius 3 is 2.76 bits per heavy atom. The highest BCUT2D eigenvalue weighted by molar-refractivity contribution is 6.31. The van der Waals surface area contributed by atoms with Gasteiger partial charge in [-0.2, -0.15) is 0 Å². The lowest BCUT2D eigenvalue weighted by molar-refractivity contribution is -0.131. The van der Waals surface area contributed by atoms with E-state index in [1.165, 1.54) is 6.42 Å². The van der Waals surface area contributed by atoms with Gasteiger partial charge in [0.15, 0.2) is 6.10 Å². The lowest BCUT2D eigenvalue weighted by atomic mass is 9.94. The molecule has 4 nitrogen and oxygen atoms in total. The minimum atomic E-state index is -0.729. The van der Waals surface area contributed by atoms with Gasteiger partial charge in [-0.3, -0.25) is 4.79 Å². The van der Waals surface area contributed by atoms with E-state index in [-0.39, 0.29) is 11.9 Å². The molecule has 0 radical (unpaired) electrons. The number of cyclic esters (lactones) is 1. The number of hydrogen-bond acceptors (Lipinski definition) is 3. The number of fused-ring (bicyclic) bond motifs is 1. The second kappa shape index (κ2) is 6.06. The number of halogens is 1. The van der Waals surface area contributed by atoms with Gasteiger partial charge in [-0.25, -0.2) is 4.79 Å². The molecule has 3 rings (SSSR count). The van der Waals surface area contributed by atoms with Gasteiger partial charge in [0.05, 0.1) is 5.56 Å². The zero-order valence-corrected chi connectivity index (χ0v) is 12.5. The second-order valence-electron chi connectivity index (χ2n) is 5.74. The van der Waals surface area contributed by atoms with Crippen LogP contribution in [-0.2, 0) is 16.0 Å². The highest BCUT2D eigenvalue weighted by Crippen LogP contribution is 2.25. The van der Waals surface area contributed by atoms with Gasteiger partial charge in [0.2, 0.25) is 0 Å². The van der Waals surface area contributed by atoms with Gasteiger partial charge in [0, 0.05) is 17.5 Å². The molecule has 1 aromatic rings. The molecule has 5 heteroatoms. The van der Waals surface area contributed by atoms with Crippen LogP contribution in [0.5, 0.6) is 0 Å². The van der Waals surface area contributed by atoms with E-state index >= 15 is 0 Å². The number of esters is 1. The molecule has 0 aromatic heterocycles. The van der Waals surface area contributed by atoms with Crippen LogP contribution < -0.4 is 5.32 Å². The Morgan fingerprint density at radius 1 is 1.24 bits per heavy atom. The van der Waals surface area contributed by atoms with Crippen LogP contribution in [0, 0.1) is 0 Å². The third-order valence-electron chi connectivity index (χ3n) is 4.19. The van der Waals surface area contributed by atoms with E-state index in [2.05, 4.69) is 5.32 Å². The number of hydrogen-bond donors (Lipinski definition) is 1. The number of benzene rings is 1. The first-order valence-electron chi connectivity index (χ1n) is 7.43. The Hall–Kier alpha value is -1.55. The fraction of sp³-hybridized carbons (Fsp3) is 0.500. The summed E-state index contributed by atoms with van der Waals surface area (Å²) in [6.45, 7) is 0. The molecule has 1 amide bonds. The lowest BCUT2D eigenvalue weighted by Gasteiger charge is -2.28. The predicted octanol–water partition coefficient (Wildman–Crippen LogP) is 2.87. The minimum Gasteiger partial charge on any atom is -0.448 e. The summed E-state index contributed by atoms with van der Waals surface area (Å²) in [5.74, 6) is -0.654. The first kappa shape index (κ1) is 14.4. The first-order chi connectivity index (χ1) is 10.1. The molecule has 1 heterocycles. The van der Waals surface area contributed by atoms with E-state index in [1.54, 1.807) is 18.2 Å². The predicted molar refractivity (Wildman–Crippen MR) is 79.4 cm³/mol. The molecule has 0 bridgehead atoms. The SMILES string of the molecule is O=C1OC(C(=O)NC2CCCCC2)Cc2ccc(Cl)cc21. The molecule has 21 heavy (non-hydrogen) atoms. The number of ether oxygens (including phenoxy) is 1. The fourth-order valence-electron chi connectivity index (χ4n) is 3.04. The third kappa shape index (κ3) is 3.21. The summed E-state index contributed by atoms with van der Waals surface area (Å²) in [6.07, 6.45) is 5.24. The molecule has 2 aliphatic rings. The zero-order chi connectivity index (χ0) is 14.8. The van der Waals surface area contributed by atoms with Crippen molar-refractivity contribution in [1.29, 1.82) is 0 Å². The van der Waals surface area contributed by atoms with Crippen LogP contribution in [0.3, 0.4) is 0 Å². The van der Waals surface area contributed by atoms with Crippen molar-refractivity contribution in [3.05, 3.63) is 34.3 Å².